The van der Waals surface area contributed by atoms with E-state index in [1.54, 1.807) is 6.08 Å². The second-order valence-corrected chi connectivity index (χ2v) is 10.7. The van der Waals surface area contributed by atoms with E-state index in [-0.39, 0.29) is 23.0 Å². The lowest BCUT2D eigenvalue weighted by atomic mass is 9.45. The van der Waals surface area contributed by atoms with Crippen LogP contribution in [0.5, 0.6) is 0 Å². The molecule has 0 aliphatic heterocycles. The van der Waals surface area contributed by atoms with Gasteiger partial charge in [-0.1, -0.05) is 19.4 Å². The van der Waals surface area contributed by atoms with Gasteiger partial charge in [-0.3, -0.25) is 9.59 Å². The Morgan fingerprint density at radius 1 is 1.22 bits per heavy atom. The molecule has 4 aliphatic carbocycles. The van der Waals surface area contributed by atoms with Gasteiger partial charge in [-0.2, -0.15) is 0 Å². The largest absolute Gasteiger partial charge is 0.388 e. The summed E-state index contributed by atoms with van der Waals surface area (Å²) in [4.78, 5) is 23.7. The SMILES string of the molecule is C[C@]12CCC(=O)C=C1CC[C@H]1[C@@H]3CC[C@](O)(C(=O)CO)[C@@]3(C)C[C@H](Cl)[C@@]12Cl. The summed E-state index contributed by atoms with van der Waals surface area (Å²) in [7, 11) is 0. The Morgan fingerprint density at radius 3 is 2.59 bits per heavy atom. The average Bonchev–Trinajstić information content (AvgIpc) is 2.88. The zero-order valence-electron chi connectivity index (χ0n) is 15.9. The van der Waals surface area contributed by atoms with Gasteiger partial charge in [0.2, 0.25) is 0 Å². The van der Waals surface area contributed by atoms with Crippen molar-refractivity contribution in [3.8, 4) is 0 Å². The van der Waals surface area contributed by atoms with Crippen molar-refractivity contribution in [2.24, 2.45) is 22.7 Å². The van der Waals surface area contributed by atoms with Crippen LogP contribution in [-0.4, -0.2) is 44.2 Å². The molecule has 4 nitrogen and oxygen atoms in total. The number of allylic oxidation sites excluding steroid dienone is 1. The third-order valence-corrected chi connectivity index (χ3v) is 10.3. The molecule has 3 fully saturated rings. The van der Waals surface area contributed by atoms with Gasteiger partial charge >= 0.3 is 0 Å². The Kier molecular flexibility index (Phi) is 4.45. The molecule has 0 heterocycles. The number of fused-ring (bicyclic) bond motifs is 5. The monoisotopic (exact) mass is 414 g/mol. The van der Waals surface area contributed by atoms with Gasteiger partial charge in [0.05, 0.1) is 10.3 Å². The number of hydrogen-bond acceptors (Lipinski definition) is 4. The van der Waals surface area contributed by atoms with Gasteiger partial charge in [0.1, 0.15) is 12.2 Å². The van der Waals surface area contributed by atoms with E-state index in [1.165, 1.54) is 0 Å². The van der Waals surface area contributed by atoms with Gasteiger partial charge in [0.25, 0.3) is 0 Å². The number of halogens is 2. The fourth-order valence-electron chi connectivity index (χ4n) is 7.10. The first-order chi connectivity index (χ1) is 12.5. The second kappa shape index (κ2) is 6.04. The minimum Gasteiger partial charge on any atom is -0.388 e. The maximum absolute atomic E-state index is 12.4. The predicted octanol–water partition coefficient (Wildman–Crippen LogP) is 3.39. The van der Waals surface area contributed by atoms with Crippen LogP contribution < -0.4 is 0 Å². The van der Waals surface area contributed by atoms with Crippen molar-refractivity contribution in [3.63, 3.8) is 0 Å². The zero-order chi connectivity index (χ0) is 19.8. The normalized spacial score (nSPS) is 51.9. The van der Waals surface area contributed by atoms with Crippen molar-refractivity contribution in [1.29, 1.82) is 0 Å². The van der Waals surface area contributed by atoms with Gasteiger partial charge in [0, 0.05) is 17.3 Å². The van der Waals surface area contributed by atoms with Crippen molar-refractivity contribution in [1.82, 2.24) is 0 Å². The molecule has 4 rings (SSSR count). The topological polar surface area (TPSA) is 74.6 Å². The molecule has 7 atom stereocenters. The molecule has 3 saturated carbocycles. The number of alkyl halides is 2. The van der Waals surface area contributed by atoms with E-state index in [9.17, 15) is 19.8 Å². The van der Waals surface area contributed by atoms with E-state index < -0.39 is 33.7 Å². The lowest BCUT2D eigenvalue weighted by Crippen LogP contribution is -2.67. The van der Waals surface area contributed by atoms with Crippen molar-refractivity contribution < 1.29 is 19.8 Å². The summed E-state index contributed by atoms with van der Waals surface area (Å²) in [6.45, 7) is 3.43. The second-order valence-electron chi connectivity index (χ2n) is 9.56. The number of carbonyl (C=O) groups excluding carboxylic acids is 2. The molecule has 6 heteroatoms. The smallest absolute Gasteiger partial charge is 0.190 e. The molecule has 0 unspecified atom stereocenters. The van der Waals surface area contributed by atoms with Gasteiger partial charge in [0.15, 0.2) is 11.6 Å². The molecule has 0 aromatic heterocycles. The third-order valence-electron chi connectivity index (χ3n) is 8.76. The summed E-state index contributed by atoms with van der Waals surface area (Å²) >= 11 is 14.4. The highest BCUT2D eigenvalue weighted by Gasteiger charge is 2.72. The molecule has 0 saturated heterocycles. The Hall–Kier alpha value is -0.420. The van der Waals surface area contributed by atoms with Crippen molar-refractivity contribution in [3.05, 3.63) is 11.6 Å². The maximum Gasteiger partial charge on any atom is 0.190 e. The van der Waals surface area contributed by atoms with Crippen LogP contribution in [0.4, 0.5) is 0 Å². The summed E-state index contributed by atoms with van der Waals surface area (Å²) < 4.78 is 0. The minimum atomic E-state index is -1.54. The molecule has 4 aliphatic rings. The number of aliphatic hydroxyl groups is 2. The van der Waals surface area contributed by atoms with Crippen molar-refractivity contribution in [2.45, 2.75) is 74.6 Å². The molecule has 0 radical (unpaired) electrons. The highest BCUT2D eigenvalue weighted by Crippen LogP contribution is 2.71. The van der Waals surface area contributed by atoms with Crippen LogP contribution in [0.3, 0.4) is 0 Å². The van der Waals surface area contributed by atoms with E-state index >= 15 is 0 Å². The molecular formula is C21H28Cl2O4. The van der Waals surface area contributed by atoms with E-state index in [0.29, 0.717) is 32.1 Å². The summed E-state index contributed by atoms with van der Waals surface area (Å²) in [6.07, 6.45) is 6.06. The van der Waals surface area contributed by atoms with Crippen LogP contribution in [0.15, 0.2) is 11.6 Å². The first kappa shape index (κ1) is 19.9. The Bertz CT molecular complexity index is 736. The number of rotatable bonds is 2. The molecule has 0 amide bonds. The van der Waals surface area contributed by atoms with Gasteiger partial charge in [-0.05, 0) is 56.4 Å². The average molecular weight is 415 g/mol. The van der Waals surface area contributed by atoms with Crippen molar-refractivity contribution in [2.75, 3.05) is 6.61 Å². The van der Waals surface area contributed by atoms with E-state index in [4.69, 9.17) is 23.2 Å². The van der Waals surface area contributed by atoms with Crippen LogP contribution in [0.1, 0.15) is 58.8 Å². The van der Waals surface area contributed by atoms with Crippen LogP contribution in [0.25, 0.3) is 0 Å². The van der Waals surface area contributed by atoms with Gasteiger partial charge < -0.3 is 10.2 Å². The maximum atomic E-state index is 12.4. The molecule has 0 aromatic carbocycles. The molecule has 0 aromatic rings. The highest BCUT2D eigenvalue weighted by atomic mass is 35.5. The molecular weight excluding hydrogens is 387 g/mol. The van der Waals surface area contributed by atoms with E-state index in [0.717, 1.165) is 18.4 Å². The molecule has 0 bridgehead atoms. The van der Waals surface area contributed by atoms with E-state index in [2.05, 4.69) is 6.92 Å². The molecule has 0 spiro atoms. The quantitative estimate of drug-likeness (QED) is 0.678. The standard InChI is InChI=1S/C21H28Cl2O4/c1-18-7-5-13(25)9-12(18)3-4-15-14-6-8-20(27,17(26)11-24)19(14,2)10-16(22)21(15,18)23/h9,14-16,24,27H,3-8,10-11H2,1-2H3/t14-,15-,16-,18-,19-,20-,21-/m0/s1. The Balaban J connectivity index is 1.80. The molecule has 150 valence electrons. The summed E-state index contributed by atoms with van der Waals surface area (Å²) in [5.41, 5.74) is -1.47. The van der Waals surface area contributed by atoms with Crippen LogP contribution in [-0.2, 0) is 9.59 Å². The fourth-order valence-corrected chi connectivity index (χ4v) is 8.38. The summed E-state index contributed by atoms with van der Waals surface area (Å²) in [5, 5.41) is 20.3. The lowest BCUT2D eigenvalue weighted by molar-refractivity contribution is -0.162. The predicted molar refractivity (Wildman–Crippen MR) is 104 cm³/mol. The number of Topliss-reactive ketones (excluding diaryl/α,β-unsaturated/α-hetero) is 1. The van der Waals surface area contributed by atoms with Gasteiger partial charge in [-0.25, -0.2) is 0 Å². The Labute approximate surface area is 170 Å². The molecule has 27 heavy (non-hydrogen) atoms. The number of ketones is 2. The zero-order valence-corrected chi connectivity index (χ0v) is 17.4. The summed E-state index contributed by atoms with van der Waals surface area (Å²) in [6, 6.07) is 0. The van der Waals surface area contributed by atoms with Crippen molar-refractivity contribution >= 4 is 34.8 Å². The first-order valence-electron chi connectivity index (χ1n) is 9.98. The minimum absolute atomic E-state index is 0.0660. The number of carbonyl (C=O) groups is 2. The van der Waals surface area contributed by atoms with Crippen LogP contribution in [0, 0.1) is 22.7 Å². The Morgan fingerprint density at radius 2 is 1.93 bits per heavy atom. The molecule has 2 N–H and O–H groups in total. The van der Waals surface area contributed by atoms with Gasteiger partial charge in [-0.15, -0.1) is 23.2 Å². The highest BCUT2D eigenvalue weighted by molar-refractivity contribution is 6.33. The summed E-state index contributed by atoms with van der Waals surface area (Å²) in [5.74, 6) is -0.209. The lowest BCUT2D eigenvalue weighted by Gasteiger charge is -2.64. The first-order valence-corrected chi connectivity index (χ1v) is 10.8. The fraction of sp³-hybridized carbons (Fsp3) is 0.810. The van der Waals surface area contributed by atoms with Crippen LogP contribution >= 0.6 is 23.2 Å². The third kappa shape index (κ3) is 2.25. The van der Waals surface area contributed by atoms with Crippen LogP contribution in [0.2, 0.25) is 0 Å². The number of aliphatic hydroxyl groups excluding tert-OH is 1. The van der Waals surface area contributed by atoms with E-state index in [1.807, 2.05) is 6.92 Å². The number of hydrogen-bond donors (Lipinski definition) is 2.